The van der Waals surface area contributed by atoms with Gasteiger partial charge in [0.15, 0.2) is 0 Å². The van der Waals surface area contributed by atoms with Gasteiger partial charge in [-0.1, -0.05) is 0 Å². The number of hydrogen-bond donors (Lipinski definition) is 1. The third kappa shape index (κ3) is 3.42. The van der Waals surface area contributed by atoms with Gasteiger partial charge in [-0.15, -0.1) is 0 Å². The Balaban J connectivity index is 2.00. The second-order valence-electron chi connectivity index (χ2n) is 6.56. The first-order chi connectivity index (χ1) is 12.3. The molecule has 1 atom stereocenters. The van der Waals surface area contributed by atoms with Gasteiger partial charge in [-0.3, -0.25) is 14.5 Å². The molecule has 3 rings (SSSR count). The summed E-state index contributed by atoms with van der Waals surface area (Å²) in [7, 11) is 1.69. The van der Waals surface area contributed by atoms with Crippen molar-refractivity contribution in [3.63, 3.8) is 0 Å². The summed E-state index contributed by atoms with van der Waals surface area (Å²) in [5.41, 5.74) is -0.955. The third-order valence-electron chi connectivity index (χ3n) is 4.84. The highest BCUT2D eigenvalue weighted by molar-refractivity contribution is 5.90. The van der Waals surface area contributed by atoms with Gasteiger partial charge in [-0.2, -0.15) is 0 Å². The number of carbonyl (C=O) groups is 2. The van der Waals surface area contributed by atoms with Crippen LogP contribution in [0.3, 0.4) is 0 Å². The molecule has 0 saturated carbocycles. The smallest absolute Gasteiger partial charge is 0.323 e. The van der Waals surface area contributed by atoms with Crippen molar-refractivity contribution in [2.75, 3.05) is 46.6 Å². The number of piperazine rings is 1. The lowest BCUT2D eigenvalue weighted by molar-refractivity contribution is -0.167. The van der Waals surface area contributed by atoms with E-state index in [4.69, 9.17) is 9.47 Å². The number of carboxylic acids is 1. The molecule has 0 bridgehead atoms. The second kappa shape index (κ2) is 7.26. The Labute approximate surface area is 149 Å². The zero-order chi connectivity index (χ0) is 18.9. The van der Waals surface area contributed by atoms with Gasteiger partial charge < -0.3 is 19.5 Å². The van der Waals surface area contributed by atoms with E-state index in [0.717, 1.165) is 23.1 Å². The maximum absolute atomic E-state index is 13.7. The highest BCUT2D eigenvalue weighted by atomic mass is 19.1. The molecule has 0 radical (unpaired) electrons. The number of aliphatic carboxylic acids is 1. The normalized spacial score (nSPS) is 23.9. The molecule has 1 amide bonds. The lowest BCUT2D eigenvalue weighted by Crippen LogP contribution is -2.69. The van der Waals surface area contributed by atoms with Crippen molar-refractivity contribution in [1.82, 2.24) is 9.80 Å². The van der Waals surface area contributed by atoms with Gasteiger partial charge in [0, 0.05) is 12.6 Å². The second-order valence-corrected chi connectivity index (χ2v) is 6.56. The lowest BCUT2D eigenvalue weighted by atomic mass is 9.89. The molecule has 1 N–H and O–H groups in total. The van der Waals surface area contributed by atoms with Crippen LogP contribution in [0.4, 0.5) is 8.78 Å². The van der Waals surface area contributed by atoms with Crippen LogP contribution >= 0.6 is 0 Å². The van der Waals surface area contributed by atoms with Gasteiger partial charge in [0.1, 0.15) is 23.7 Å². The van der Waals surface area contributed by atoms with Crippen LogP contribution in [0.15, 0.2) is 18.2 Å². The lowest BCUT2D eigenvalue weighted by Gasteiger charge is -2.50. The maximum Gasteiger partial charge on any atom is 0.323 e. The summed E-state index contributed by atoms with van der Waals surface area (Å²) in [5.74, 6) is -3.28. The predicted molar refractivity (Wildman–Crippen MR) is 85.4 cm³/mol. The molecule has 2 fully saturated rings. The van der Waals surface area contributed by atoms with Crippen molar-refractivity contribution in [2.45, 2.75) is 11.6 Å². The van der Waals surface area contributed by atoms with Crippen LogP contribution in [0.5, 0.6) is 0 Å². The molecule has 1 aromatic rings. The van der Waals surface area contributed by atoms with Gasteiger partial charge in [0.2, 0.25) is 5.91 Å². The zero-order valence-corrected chi connectivity index (χ0v) is 14.3. The summed E-state index contributed by atoms with van der Waals surface area (Å²) >= 11 is 0. The van der Waals surface area contributed by atoms with Crippen molar-refractivity contribution in [3.05, 3.63) is 35.4 Å². The molecule has 2 aliphatic heterocycles. The fourth-order valence-electron chi connectivity index (χ4n) is 3.47. The average molecular weight is 370 g/mol. The summed E-state index contributed by atoms with van der Waals surface area (Å²) in [6.45, 7) is 0.387. The van der Waals surface area contributed by atoms with E-state index in [1.54, 1.807) is 11.9 Å². The van der Waals surface area contributed by atoms with Crippen molar-refractivity contribution >= 4 is 11.9 Å². The van der Waals surface area contributed by atoms with Crippen LogP contribution in [0.2, 0.25) is 0 Å². The minimum Gasteiger partial charge on any atom is -0.480 e. The molecule has 0 unspecified atom stereocenters. The molecule has 7 nitrogen and oxygen atoms in total. The molecule has 142 valence electrons. The van der Waals surface area contributed by atoms with Gasteiger partial charge >= 0.3 is 5.97 Å². The summed E-state index contributed by atoms with van der Waals surface area (Å²) in [4.78, 5) is 27.4. The fourth-order valence-corrected chi connectivity index (χ4v) is 3.47. The number of carboxylic acid groups (broad SMARTS) is 1. The topological polar surface area (TPSA) is 79.3 Å². The van der Waals surface area contributed by atoms with Crippen molar-refractivity contribution in [2.24, 2.45) is 0 Å². The number of carbonyl (C=O) groups excluding carboxylic acids is 1. The molecule has 2 heterocycles. The average Bonchev–Trinajstić information content (AvgIpc) is 2.81. The van der Waals surface area contributed by atoms with Gasteiger partial charge in [-0.25, -0.2) is 8.78 Å². The molecule has 2 aliphatic rings. The van der Waals surface area contributed by atoms with Crippen LogP contribution < -0.4 is 0 Å². The number of likely N-dealkylation sites (N-methyl/N-ethyl adjacent to an activating group) is 1. The highest BCUT2D eigenvalue weighted by Crippen LogP contribution is 2.35. The van der Waals surface area contributed by atoms with Crippen LogP contribution in [0, 0.1) is 11.6 Å². The van der Waals surface area contributed by atoms with Gasteiger partial charge in [0.05, 0.1) is 32.5 Å². The first-order valence-corrected chi connectivity index (χ1v) is 8.19. The van der Waals surface area contributed by atoms with E-state index in [1.165, 1.54) is 0 Å². The Bertz CT molecular complexity index is 686. The number of hydrogen-bond acceptors (Lipinski definition) is 5. The Kier molecular flexibility index (Phi) is 5.22. The number of rotatable bonds is 3. The number of amides is 1. The SMILES string of the molecule is CN1C[C@@H](c2cc(F)cc(F)c2)N(CC(=O)O)C(=O)C12COCCOC2. The number of benzene rings is 1. The van der Waals surface area contributed by atoms with E-state index in [9.17, 15) is 23.5 Å². The minimum absolute atomic E-state index is 0.0582. The van der Waals surface area contributed by atoms with E-state index in [0.29, 0.717) is 13.2 Å². The maximum atomic E-state index is 13.7. The summed E-state index contributed by atoms with van der Waals surface area (Å²) in [6, 6.07) is 2.15. The standard InChI is InChI=1S/C17H20F2N2O5/c1-20-7-14(11-4-12(18)6-13(19)5-11)21(8-15(22)23)16(24)17(20)9-25-2-3-26-10-17/h4-6,14H,2-3,7-10H2,1H3,(H,22,23)/t14-/m0/s1. The van der Waals surface area contributed by atoms with Crippen LogP contribution in [0.25, 0.3) is 0 Å². The summed E-state index contributed by atoms with van der Waals surface area (Å²) < 4.78 is 38.3. The third-order valence-corrected chi connectivity index (χ3v) is 4.84. The monoisotopic (exact) mass is 370 g/mol. The summed E-state index contributed by atoms with van der Waals surface area (Å²) in [5, 5.41) is 9.25. The minimum atomic E-state index is -1.21. The van der Waals surface area contributed by atoms with Crippen LogP contribution in [-0.2, 0) is 19.1 Å². The number of nitrogens with zero attached hydrogens (tertiary/aromatic N) is 2. The van der Waals surface area contributed by atoms with Crippen molar-refractivity contribution < 1.29 is 33.0 Å². The first kappa shape index (κ1) is 18.7. The van der Waals surface area contributed by atoms with Crippen molar-refractivity contribution in [1.29, 1.82) is 0 Å². The van der Waals surface area contributed by atoms with Crippen LogP contribution in [0.1, 0.15) is 11.6 Å². The Morgan fingerprint density at radius 1 is 1.23 bits per heavy atom. The molecule has 2 saturated heterocycles. The van der Waals surface area contributed by atoms with Gasteiger partial charge in [0.25, 0.3) is 0 Å². The van der Waals surface area contributed by atoms with Gasteiger partial charge in [-0.05, 0) is 24.7 Å². The van der Waals surface area contributed by atoms with Crippen LogP contribution in [-0.4, -0.2) is 78.9 Å². The molecular formula is C17H20F2N2O5. The van der Waals surface area contributed by atoms with E-state index in [2.05, 4.69) is 0 Å². The molecule has 0 aromatic heterocycles. The highest BCUT2D eigenvalue weighted by Gasteiger charge is 2.52. The Morgan fingerprint density at radius 3 is 2.35 bits per heavy atom. The number of halogens is 2. The number of ether oxygens (including phenoxy) is 2. The first-order valence-electron chi connectivity index (χ1n) is 8.19. The molecule has 1 aromatic carbocycles. The van der Waals surface area contributed by atoms with E-state index >= 15 is 0 Å². The molecule has 0 aliphatic carbocycles. The zero-order valence-electron chi connectivity index (χ0n) is 14.3. The quantitative estimate of drug-likeness (QED) is 0.842. The Hall–Kier alpha value is -2.10. The van der Waals surface area contributed by atoms with E-state index in [1.807, 2.05) is 0 Å². The van der Waals surface area contributed by atoms with E-state index in [-0.39, 0.29) is 25.3 Å². The molecule has 9 heteroatoms. The molecule has 26 heavy (non-hydrogen) atoms. The largest absolute Gasteiger partial charge is 0.480 e. The fraction of sp³-hybridized carbons (Fsp3) is 0.529. The van der Waals surface area contributed by atoms with Crippen molar-refractivity contribution in [3.8, 4) is 0 Å². The summed E-state index contributed by atoms with van der Waals surface area (Å²) in [6.07, 6.45) is 0. The van der Waals surface area contributed by atoms with E-state index < -0.39 is 41.6 Å². The predicted octanol–water partition coefficient (Wildman–Crippen LogP) is 0.650. The molecule has 1 spiro atoms. The molecular weight excluding hydrogens is 350 g/mol. The Morgan fingerprint density at radius 2 is 1.81 bits per heavy atom.